The Labute approximate surface area is 164 Å². The van der Waals surface area contributed by atoms with E-state index in [0.717, 1.165) is 28.8 Å². The monoisotopic (exact) mass is 401 g/mol. The molecule has 2 aromatic carbocycles. The Morgan fingerprint density at radius 3 is 2.41 bits per heavy atom. The molecule has 0 aliphatic carbocycles. The van der Waals surface area contributed by atoms with Crippen molar-refractivity contribution in [2.75, 3.05) is 5.32 Å². The molecule has 5 nitrogen and oxygen atoms in total. The number of nitrogens with zero attached hydrogens (tertiary/aromatic N) is 2. The van der Waals surface area contributed by atoms with Crippen LogP contribution >= 0.6 is 0 Å². The smallest absolute Gasteiger partial charge is 0.320 e. The molecule has 0 fully saturated rings. The highest BCUT2D eigenvalue weighted by Gasteiger charge is 2.30. The minimum atomic E-state index is -4.52. The second-order valence-corrected chi connectivity index (χ2v) is 6.46. The molecule has 0 spiro atoms. The number of rotatable bonds is 4. The van der Waals surface area contributed by atoms with Crippen LogP contribution in [0.5, 0.6) is 0 Å². The van der Waals surface area contributed by atoms with E-state index in [1.807, 2.05) is 19.1 Å². The molecule has 1 amide bonds. The van der Waals surface area contributed by atoms with Crippen molar-refractivity contribution < 1.29 is 18.0 Å². The molecule has 29 heavy (non-hydrogen) atoms. The zero-order valence-electron chi connectivity index (χ0n) is 15.7. The van der Waals surface area contributed by atoms with E-state index in [-0.39, 0.29) is 5.69 Å². The molecule has 0 saturated heterocycles. The molecule has 0 aliphatic heterocycles. The van der Waals surface area contributed by atoms with Gasteiger partial charge in [-0.15, -0.1) is 0 Å². The van der Waals surface area contributed by atoms with Gasteiger partial charge in [-0.25, -0.2) is 4.68 Å². The summed E-state index contributed by atoms with van der Waals surface area (Å²) in [5, 5.41) is 6.61. The number of carbonyl (C=O) groups excluding carboxylic acids is 1. The van der Waals surface area contributed by atoms with Crippen molar-refractivity contribution in [1.29, 1.82) is 0 Å². The summed E-state index contributed by atoms with van der Waals surface area (Å²) < 4.78 is 40.2. The van der Waals surface area contributed by atoms with Gasteiger partial charge >= 0.3 is 6.18 Å². The van der Waals surface area contributed by atoms with E-state index in [4.69, 9.17) is 0 Å². The van der Waals surface area contributed by atoms with Crippen molar-refractivity contribution in [3.63, 3.8) is 0 Å². The number of aromatic nitrogens is 2. The molecule has 0 unspecified atom stereocenters. The van der Waals surface area contributed by atoms with Crippen LogP contribution in [0, 0.1) is 6.92 Å². The third-order valence-corrected chi connectivity index (χ3v) is 4.36. The average molecular weight is 401 g/mol. The van der Waals surface area contributed by atoms with Crippen molar-refractivity contribution >= 4 is 11.6 Å². The fourth-order valence-corrected chi connectivity index (χ4v) is 2.79. The van der Waals surface area contributed by atoms with Gasteiger partial charge in [-0.2, -0.15) is 18.3 Å². The summed E-state index contributed by atoms with van der Waals surface area (Å²) in [6.07, 6.45) is -3.68. The van der Waals surface area contributed by atoms with Crippen LogP contribution in [-0.4, -0.2) is 15.7 Å². The van der Waals surface area contributed by atoms with Gasteiger partial charge in [-0.1, -0.05) is 25.1 Å². The zero-order chi connectivity index (χ0) is 21.2. The van der Waals surface area contributed by atoms with Crippen LogP contribution in [0.2, 0.25) is 0 Å². The summed E-state index contributed by atoms with van der Waals surface area (Å²) in [6, 6.07) is 12.8. The third kappa shape index (κ3) is 4.53. The first-order valence-corrected chi connectivity index (χ1v) is 8.88. The maximum Gasteiger partial charge on any atom is 0.416 e. The molecule has 8 heteroatoms. The SMILES string of the molecule is CCc1ccc(NC(=O)c2nn(-c3cccc(C(F)(F)F)c3)c(C)cc2=O)cc1. The molecular formula is C21H18F3N3O2. The number of anilines is 1. The fourth-order valence-electron chi connectivity index (χ4n) is 2.79. The predicted molar refractivity (Wildman–Crippen MR) is 103 cm³/mol. The molecule has 3 rings (SSSR count). The average Bonchev–Trinajstić information content (AvgIpc) is 2.68. The van der Waals surface area contributed by atoms with Gasteiger partial charge in [-0.05, 0) is 49.2 Å². The summed E-state index contributed by atoms with van der Waals surface area (Å²) in [6.45, 7) is 3.53. The van der Waals surface area contributed by atoms with E-state index in [1.54, 1.807) is 12.1 Å². The number of alkyl halides is 3. The third-order valence-electron chi connectivity index (χ3n) is 4.36. The summed E-state index contributed by atoms with van der Waals surface area (Å²) >= 11 is 0. The minimum absolute atomic E-state index is 0.0960. The van der Waals surface area contributed by atoms with Gasteiger partial charge in [0.15, 0.2) is 5.69 Å². The number of benzene rings is 2. The van der Waals surface area contributed by atoms with Crippen LogP contribution in [0.25, 0.3) is 5.69 Å². The summed E-state index contributed by atoms with van der Waals surface area (Å²) in [7, 11) is 0. The number of amides is 1. The summed E-state index contributed by atoms with van der Waals surface area (Å²) in [5.74, 6) is -0.736. The van der Waals surface area contributed by atoms with E-state index >= 15 is 0 Å². The number of aryl methyl sites for hydroxylation is 2. The topological polar surface area (TPSA) is 64.0 Å². The Morgan fingerprint density at radius 2 is 1.79 bits per heavy atom. The Hall–Kier alpha value is -3.42. The van der Waals surface area contributed by atoms with Crippen molar-refractivity contribution in [3.05, 3.63) is 87.3 Å². The van der Waals surface area contributed by atoms with Crippen LogP contribution in [-0.2, 0) is 12.6 Å². The maximum absolute atomic E-state index is 13.0. The molecule has 3 aromatic rings. The quantitative estimate of drug-likeness (QED) is 0.706. The zero-order valence-corrected chi connectivity index (χ0v) is 15.7. The van der Waals surface area contributed by atoms with E-state index in [9.17, 15) is 22.8 Å². The lowest BCUT2D eigenvalue weighted by Crippen LogP contribution is -2.27. The van der Waals surface area contributed by atoms with Crippen molar-refractivity contribution in [1.82, 2.24) is 9.78 Å². The Morgan fingerprint density at radius 1 is 1.10 bits per heavy atom. The predicted octanol–water partition coefficient (Wildman–Crippen LogP) is 4.37. The number of nitrogens with one attached hydrogen (secondary N) is 1. The number of halogens is 3. The highest BCUT2D eigenvalue weighted by Crippen LogP contribution is 2.30. The molecule has 0 bridgehead atoms. The van der Waals surface area contributed by atoms with Gasteiger partial charge < -0.3 is 5.32 Å². The molecule has 1 heterocycles. The van der Waals surface area contributed by atoms with Gasteiger partial charge in [-0.3, -0.25) is 9.59 Å². The van der Waals surface area contributed by atoms with Gasteiger partial charge in [0.05, 0.1) is 11.3 Å². The highest BCUT2D eigenvalue weighted by molar-refractivity contribution is 6.02. The number of carbonyl (C=O) groups is 1. The van der Waals surface area contributed by atoms with E-state index in [2.05, 4.69) is 10.4 Å². The van der Waals surface area contributed by atoms with Gasteiger partial charge in [0.1, 0.15) is 0 Å². The van der Waals surface area contributed by atoms with Crippen LogP contribution in [0.4, 0.5) is 18.9 Å². The molecular weight excluding hydrogens is 383 g/mol. The molecule has 1 aromatic heterocycles. The van der Waals surface area contributed by atoms with Crippen LogP contribution in [0.1, 0.15) is 34.2 Å². The molecule has 150 valence electrons. The van der Waals surface area contributed by atoms with Gasteiger partial charge in [0.25, 0.3) is 5.91 Å². The molecule has 1 N–H and O–H groups in total. The molecule has 0 radical (unpaired) electrons. The van der Waals surface area contributed by atoms with Gasteiger partial charge in [0, 0.05) is 17.4 Å². The van der Waals surface area contributed by atoms with E-state index in [1.165, 1.54) is 25.1 Å². The standard InChI is InChI=1S/C21H18F3N3O2/c1-3-14-7-9-16(10-8-14)25-20(29)19-18(28)11-13(2)27(26-19)17-6-4-5-15(12-17)21(22,23)24/h4-12H,3H2,1-2H3,(H,25,29). The lowest BCUT2D eigenvalue weighted by Gasteiger charge is -2.13. The number of hydrogen-bond acceptors (Lipinski definition) is 3. The fraction of sp³-hybridized carbons (Fsp3) is 0.190. The van der Waals surface area contributed by atoms with E-state index < -0.39 is 28.8 Å². The Kier molecular flexibility index (Phi) is 5.54. The normalized spacial score (nSPS) is 11.3. The lowest BCUT2D eigenvalue weighted by molar-refractivity contribution is -0.137. The molecule has 0 atom stereocenters. The summed E-state index contributed by atoms with van der Waals surface area (Å²) in [5.41, 5.74) is 0.0951. The van der Waals surface area contributed by atoms with Crippen LogP contribution < -0.4 is 10.7 Å². The van der Waals surface area contributed by atoms with Crippen molar-refractivity contribution in [3.8, 4) is 5.69 Å². The highest BCUT2D eigenvalue weighted by atomic mass is 19.4. The summed E-state index contributed by atoms with van der Waals surface area (Å²) in [4.78, 5) is 24.8. The van der Waals surface area contributed by atoms with Gasteiger partial charge in [0.2, 0.25) is 5.43 Å². The molecule has 0 saturated carbocycles. The number of hydrogen-bond donors (Lipinski definition) is 1. The van der Waals surface area contributed by atoms with Crippen LogP contribution in [0.3, 0.4) is 0 Å². The van der Waals surface area contributed by atoms with E-state index in [0.29, 0.717) is 11.4 Å². The molecule has 0 aliphatic rings. The largest absolute Gasteiger partial charge is 0.416 e. The maximum atomic E-state index is 13.0. The first-order chi connectivity index (χ1) is 13.7. The Balaban J connectivity index is 1.97. The lowest BCUT2D eigenvalue weighted by atomic mass is 10.1. The van der Waals surface area contributed by atoms with Crippen LogP contribution in [0.15, 0.2) is 59.4 Å². The van der Waals surface area contributed by atoms with Crippen molar-refractivity contribution in [2.45, 2.75) is 26.4 Å². The second kappa shape index (κ2) is 7.90. The first kappa shape index (κ1) is 20.3. The second-order valence-electron chi connectivity index (χ2n) is 6.46. The Bertz CT molecular complexity index is 1100. The first-order valence-electron chi connectivity index (χ1n) is 8.88. The van der Waals surface area contributed by atoms with Crippen molar-refractivity contribution in [2.24, 2.45) is 0 Å². The minimum Gasteiger partial charge on any atom is -0.320 e.